The van der Waals surface area contributed by atoms with Crippen LogP contribution >= 0.6 is 0 Å². The first-order valence-electron chi connectivity index (χ1n) is 6.22. The highest BCUT2D eigenvalue weighted by Crippen LogP contribution is 2.16. The van der Waals surface area contributed by atoms with Crippen LogP contribution in [-0.4, -0.2) is 26.6 Å². The van der Waals surface area contributed by atoms with Crippen molar-refractivity contribution in [3.05, 3.63) is 47.2 Å². The Morgan fingerprint density at radius 1 is 1.21 bits per heavy atom. The van der Waals surface area contributed by atoms with Crippen molar-refractivity contribution in [1.29, 1.82) is 0 Å². The van der Waals surface area contributed by atoms with Crippen LogP contribution in [0, 0.1) is 20.8 Å². The molecule has 0 aliphatic carbocycles. The molecule has 5 heteroatoms. The van der Waals surface area contributed by atoms with E-state index in [0.29, 0.717) is 12.2 Å². The smallest absolute Gasteiger partial charge is 0.132 e. The van der Waals surface area contributed by atoms with E-state index in [1.165, 1.54) is 0 Å². The second-order valence-corrected chi connectivity index (χ2v) is 4.48. The van der Waals surface area contributed by atoms with Crippen molar-refractivity contribution in [3.8, 4) is 0 Å². The highest BCUT2D eigenvalue weighted by molar-refractivity contribution is 5.45. The lowest BCUT2D eigenvalue weighted by atomic mass is 10.2. The van der Waals surface area contributed by atoms with Crippen LogP contribution in [0.3, 0.4) is 0 Å². The van der Waals surface area contributed by atoms with Crippen molar-refractivity contribution in [1.82, 2.24) is 15.0 Å². The van der Waals surface area contributed by atoms with E-state index in [1.54, 1.807) is 12.3 Å². The summed E-state index contributed by atoms with van der Waals surface area (Å²) in [6.07, 6.45) is 1.01. The molecule has 0 fully saturated rings. The second-order valence-electron chi connectivity index (χ2n) is 4.48. The first kappa shape index (κ1) is 13.4. The van der Waals surface area contributed by atoms with Gasteiger partial charge < -0.3 is 10.4 Å². The SMILES string of the molecule is Cc1nc(C)c(C)c(NCC(O)c2ccccn2)n1. The maximum Gasteiger partial charge on any atom is 0.132 e. The van der Waals surface area contributed by atoms with Gasteiger partial charge in [-0.1, -0.05) is 6.07 Å². The summed E-state index contributed by atoms with van der Waals surface area (Å²) in [5, 5.41) is 13.2. The molecule has 0 aliphatic rings. The monoisotopic (exact) mass is 258 g/mol. The molecule has 0 aromatic carbocycles. The van der Waals surface area contributed by atoms with Gasteiger partial charge in [0.1, 0.15) is 17.7 Å². The van der Waals surface area contributed by atoms with Crippen molar-refractivity contribution in [2.45, 2.75) is 26.9 Å². The quantitative estimate of drug-likeness (QED) is 0.877. The topological polar surface area (TPSA) is 70.9 Å². The number of aliphatic hydroxyl groups excluding tert-OH is 1. The molecule has 2 aromatic heterocycles. The van der Waals surface area contributed by atoms with Gasteiger partial charge in [-0.2, -0.15) is 0 Å². The molecule has 0 spiro atoms. The Hall–Kier alpha value is -2.01. The molecule has 1 unspecified atom stereocenters. The summed E-state index contributed by atoms with van der Waals surface area (Å²) in [6, 6.07) is 5.48. The lowest BCUT2D eigenvalue weighted by molar-refractivity contribution is 0.186. The summed E-state index contributed by atoms with van der Waals surface area (Å²) < 4.78 is 0. The van der Waals surface area contributed by atoms with Crippen molar-refractivity contribution in [3.63, 3.8) is 0 Å². The summed E-state index contributed by atoms with van der Waals surface area (Å²) in [5.41, 5.74) is 2.59. The van der Waals surface area contributed by atoms with Gasteiger partial charge in [-0.05, 0) is 32.9 Å². The fraction of sp³-hybridized carbons (Fsp3) is 0.357. The molecule has 0 bridgehead atoms. The maximum atomic E-state index is 10.0. The minimum absolute atomic E-state index is 0.369. The van der Waals surface area contributed by atoms with E-state index in [1.807, 2.05) is 32.9 Å². The number of hydrogen-bond acceptors (Lipinski definition) is 5. The lowest BCUT2D eigenvalue weighted by Crippen LogP contribution is -2.15. The predicted octanol–water partition coefficient (Wildman–Crippen LogP) is 1.94. The highest BCUT2D eigenvalue weighted by Gasteiger charge is 2.10. The Labute approximate surface area is 112 Å². The van der Waals surface area contributed by atoms with Crippen molar-refractivity contribution >= 4 is 5.82 Å². The third kappa shape index (κ3) is 3.26. The number of pyridine rings is 1. The molecule has 0 amide bonds. The molecular formula is C14H18N4O. The Morgan fingerprint density at radius 2 is 2.00 bits per heavy atom. The molecule has 0 radical (unpaired) electrons. The van der Waals surface area contributed by atoms with Crippen LogP contribution < -0.4 is 5.32 Å². The zero-order valence-electron chi connectivity index (χ0n) is 11.4. The molecule has 19 heavy (non-hydrogen) atoms. The molecule has 0 saturated carbocycles. The Bertz CT molecular complexity index is 557. The van der Waals surface area contributed by atoms with Gasteiger partial charge in [0, 0.05) is 24.0 Å². The largest absolute Gasteiger partial charge is 0.385 e. The standard InChI is InChI=1S/C14H18N4O/c1-9-10(2)17-11(3)18-14(9)16-8-13(19)12-6-4-5-7-15-12/h4-7,13,19H,8H2,1-3H3,(H,16,17,18). The fourth-order valence-corrected chi connectivity index (χ4v) is 1.81. The second kappa shape index (κ2) is 5.75. The van der Waals surface area contributed by atoms with Gasteiger partial charge in [0.15, 0.2) is 0 Å². The van der Waals surface area contributed by atoms with Crippen LogP contribution in [0.2, 0.25) is 0 Å². The van der Waals surface area contributed by atoms with Crippen LogP contribution in [0.5, 0.6) is 0 Å². The number of hydrogen-bond donors (Lipinski definition) is 2. The fourth-order valence-electron chi connectivity index (χ4n) is 1.81. The summed E-state index contributed by atoms with van der Waals surface area (Å²) in [4.78, 5) is 12.8. The van der Waals surface area contributed by atoms with Crippen molar-refractivity contribution in [2.24, 2.45) is 0 Å². The number of rotatable bonds is 4. The number of aliphatic hydroxyl groups is 1. The van der Waals surface area contributed by atoms with Crippen LogP contribution in [0.1, 0.15) is 28.9 Å². The molecular weight excluding hydrogens is 240 g/mol. The molecule has 1 atom stereocenters. The Balaban J connectivity index is 2.07. The minimum atomic E-state index is -0.656. The summed E-state index contributed by atoms with van der Waals surface area (Å²) in [5.74, 6) is 1.48. The number of nitrogens with zero attached hydrogens (tertiary/aromatic N) is 3. The zero-order chi connectivity index (χ0) is 13.8. The highest BCUT2D eigenvalue weighted by atomic mass is 16.3. The molecule has 2 heterocycles. The van der Waals surface area contributed by atoms with E-state index in [-0.39, 0.29) is 0 Å². The molecule has 0 aliphatic heterocycles. The van der Waals surface area contributed by atoms with Gasteiger partial charge in [0.2, 0.25) is 0 Å². The van der Waals surface area contributed by atoms with Crippen LogP contribution in [-0.2, 0) is 0 Å². The summed E-state index contributed by atoms with van der Waals surface area (Å²) in [6.45, 7) is 6.13. The molecule has 100 valence electrons. The maximum absolute atomic E-state index is 10.0. The van der Waals surface area contributed by atoms with E-state index >= 15 is 0 Å². The molecule has 2 N–H and O–H groups in total. The van der Waals surface area contributed by atoms with Crippen molar-refractivity contribution < 1.29 is 5.11 Å². The van der Waals surface area contributed by atoms with E-state index < -0.39 is 6.10 Å². The first-order chi connectivity index (χ1) is 9.08. The molecule has 2 rings (SSSR count). The Kier molecular flexibility index (Phi) is 4.06. The van der Waals surface area contributed by atoms with E-state index in [2.05, 4.69) is 20.3 Å². The van der Waals surface area contributed by atoms with Gasteiger partial charge in [-0.15, -0.1) is 0 Å². The summed E-state index contributed by atoms with van der Waals surface area (Å²) >= 11 is 0. The molecule has 5 nitrogen and oxygen atoms in total. The molecule has 2 aromatic rings. The zero-order valence-corrected chi connectivity index (χ0v) is 11.4. The number of nitrogens with one attached hydrogen (secondary N) is 1. The van der Waals surface area contributed by atoms with Gasteiger partial charge >= 0.3 is 0 Å². The lowest BCUT2D eigenvalue weighted by Gasteiger charge is -2.14. The van der Waals surface area contributed by atoms with Crippen LogP contribution in [0.4, 0.5) is 5.82 Å². The van der Waals surface area contributed by atoms with Gasteiger partial charge in [-0.25, -0.2) is 9.97 Å². The number of aromatic nitrogens is 3. The predicted molar refractivity (Wildman–Crippen MR) is 73.9 cm³/mol. The minimum Gasteiger partial charge on any atom is -0.385 e. The number of anilines is 1. The van der Waals surface area contributed by atoms with Crippen molar-refractivity contribution in [2.75, 3.05) is 11.9 Å². The van der Waals surface area contributed by atoms with Crippen LogP contribution in [0.25, 0.3) is 0 Å². The van der Waals surface area contributed by atoms with Gasteiger partial charge in [-0.3, -0.25) is 4.98 Å². The average Bonchev–Trinajstić information content (AvgIpc) is 2.41. The van der Waals surface area contributed by atoms with E-state index in [9.17, 15) is 5.11 Å². The van der Waals surface area contributed by atoms with Crippen LogP contribution in [0.15, 0.2) is 24.4 Å². The number of aryl methyl sites for hydroxylation is 2. The molecule has 0 saturated heterocycles. The van der Waals surface area contributed by atoms with E-state index in [4.69, 9.17) is 0 Å². The average molecular weight is 258 g/mol. The van der Waals surface area contributed by atoms with Gasteiger partial charge in [0.05, 0.1) is 5.69 Å². The summed E-state index contributed by atoms with van der Waals surface area (Å²) in [7, 11) is 0. The normalized spacial score (nSPS) is 12.2. The van der Waals surface area contributed by atoms with E-state index in [0.717, 1.165) is 22.9 Å². The third-order valence-electron chi connectivity index (χ3n) is 2.99. The first-order valence-corrected chi connectivity index (χ1v) is 6.22. The van der Waals surface area contributed by atoms with Gasteiger partial charge in [0.25, 0.3) is 0 Å². The third-order valence-corrected chi connectivity index (χ3v) is 2.99. The Morgan fingerprint density at radius 3 is 2.68 bits per heavy atom.